The van der Waals surface area contributed by atoms with Crippen LogP contribution in [-0.2, 0) is 4.74 Å². The molecule has 0 unspecified atom stereocenters. The van der Waals surface area contributed by atoms with Gasteiger partial charge in [-0.3, -0.25) is 0 Å². The normalized spacial score (nSPS) is 11.0. The lowest BCUT2D eigenvalue weighted by Gasteiger charge is -1.97. The van der Waals surface area contributed by atoms with E-state index in [1.165, 1.54) is 5.57 Å². The number of hydrogen-bond acceptors (Lipinski definition) is 1. The second-order valence-corrected chi connectivity index (χ2v) is 1.83. The van der Waals surface area contributed by atoms with E-state index in [-0.39, 0.29) is 0 Å². The third-order valence-corrected chi connectivity index (χ3v) is 1.01. The summed E-state index contributed by atoms with van der Waals surface area (Å²) in [7, 11) is 0. The van der Waals surface area contributed by atoms with E-state index in [0.29, 0.717) is 13.2 Å². The standard InChI is InChI=1S/C8H12O/c1-4-6-9-7-8(3)5-2/h1,5H,6-7H2,2-3H3/b8-5+. The van der Waals surface area contributed by atoms with Crippen molar-refractivity contribution in [3.05, 3.63) is 11.6 Å². The van der Waals surface area contributed by atoms with E-state index in [1.807, 2.05) is 19.9 Å². The van der Waals surface area contributed by atoms with Crippen LogP contribution in [0, 0.1) is 12.3 Å². The molecule has 0 atom stereocenters. The van der Waals surface area contributed by atoms with Gasteiger partial charge in [-0.2, -0.15) is 0 Å². The Balaban J connectivity index is 3.20. The largest absolute Gasteiger partial charge is 0.364 e. The van der Waals surface area contributed by atoms with E-state index in [1.54, 1.807) is 0 Å². The molecule has 50 valence electrons. The van der Waals surface area contributed by atoms with Crippen molar-refractivity contribution in [3.63, 3.8) is 0 Å². The fraction of sp³-hybridized carbons (Fsp3) is 0.500. The molecule has 0 aliphatic heterocycles. The number of ether oxygens (including phenoxy) is 1. The molecule has 0 N–H and O–H groups in total. The molecule has 0 rings (SSSR count). The summed E-state index contributed by atoms with van der Waals surface area (Å²) >= 11 is 0. The molecular formula is C8H12O. The smallest absolute Gasteiger partial charge is 0.107 e. The molecular weight excluding hydrogens is 112 g/mol. The van der Waals surface area contributed by atoms with Gasteiger partial charge >= 0.3 is 0 Å². The molecule has 0 aliphatic carbocycles. The average molecular weight is 124 g/mol. The van der Waals surface area contributed by atoms with Crippen LogP contribution in [-0.4, -0.2) is 13.2 Å². The van der Waals surface area contributed by atoms with Gasteiger partial charge in [0.25, 0.3) is 0 Å². The fourth-order valence-electron chi connectivity index (χ4n) is 0.354. The first-order valence-corrected chi connectivity index (χ1v) is 2.94. The lowest BCUT2D eigenvalue weighted by Crippen LogP contribution is -1.94. The minimum atomic E-state index is 0.408. The van der Waals surface area contributed by atoms with Crippen LogP contribution in [0.4, 0.5) is 0 Å². The monoisotopic (exact) mass is 124 g/mol. The van der Waals surface area contributed by atoms with Crippen LogP contribution in [0.15, 0.2) is 11.6 Å². The average Bonchev–Trinajstić information content (AvgIpc) is 1.89. The van der Waals surface area contributed by atoms with Gasteiger partial charge in [-0.05, 0) is 13.8 Å². The Morgan fingerprint density at radius 2 is 2.44 bits per heavy atom. The zero-order valence-electron chi connectivity index (χ0n) is 5.98. The van der Waals surface area contributed by atoms with E-state index in [0.717, 1.165) is 0 Å². The Bertz CT molecular complexity index is 128. The molecule has 0 aromatic carbocycles. The molecule has 0 bridgehead atoms. The van der Waals surface area contributed by atoms with Crippen LogP contribution in [0.3, 0.4) is 0 Å². The third-order valence-electron chi connectivity index (χ3n) is 1.01. The van der Waals surface area contributed by atoms with Crippen molar-refractivity contribution in [2.75, 3.05) is 13.2 Å². The Morgan fingerprint density at radius 3 is 2.89 bits per heavy atom. The van der Waals surface area contributed by atoms with E-state index in [9.17, 15) is 0 Å². The van der Waals surface area contributed by atoms with E-state index in [4.69, 9.17) is 11.2 Å². The van der Waals surface area contributed by atoms with Gasteiger partial charge in [0.2, 0.25) is 0 Å². The summed E-state index contributed by atoms with van der Waals surface area (Å²) in [4.78, 5) is 0. The molecule has 0 aromatic rings. The maximum Gasteiger partial charge on any atom is 0.107 e. The molecule has 1 heteroatoms. The summed E-state index contributed by atoms with van der Waals surface area (Å²) in [5, 5.41) is 0. The second kappa shape index (κ2) is 5.40. The van der Waals surface area contributed by atoms with Crippen molar-refractivity contribution in [1.29, 1.82) is 0 Å². The number of terminal acetylenes is 1. The molecule has 0 saturated carbocycles. The van der Waals surface area contributed by atoms with Gasteiger partial charge in [0.05, 0.1) is 6.61 Å². The Labute approximate surface area is 56.7 Å². The topological polar surface area (TPSA) is 9.23 Å². The summed E-state index contributed by atoms with van der Waals surface area (Å²) in [6.45, 7) is 5.05. The maximum absolute atomic E-state index is 5.03. The summed E-state index contributed by atoms with van der Waals surface area (Å²) in [6.07, 6.45) is 6.97. The Morgan fingerprint density at radius 1 is 1.78 bits per heavy atom. The minimum absolute atomic E-state index is 0.408. The van der Waals surface area contributed by atoms with Crippen LogP contribution in [0.25, 0.3) is 0 Å². The van der Waals surface area contributed by atoms with Gasteiger partial charge in [0.1, 0.15) is 6.61 Å². The van der Waals surface area contributed by atoms with Gasteiger partial charge < -0.3 is 4.74 Å². The van der Waals surface area contributed by atoms with Crippen molar-refractivity contribution >= 4 is 0 Å². The molecule has 0 aliphatic rings. The SMILES string of the molecule is C#CCOC/C(C)=C/C. The van der Waals surface area contributed by atoms with E-state index >= 15 is 0 Å². The lowest BCUT2D eigenvalue weighted by molar-refractivity contribution is 0.192. The highest BCUT2D eigenvalue weighted by molar-refractivity contribution is 4.96. The molecule has 0 aromatic heterocycles. The molecule has 0 amide bonds. The van der Waals surface area contributed by atoms with Crippen molar-refractivity contribution in [2.45, 2.75) is 13.8 Å². The van der Waals surface area contributed by atoms with Gasteiger partial charge in [-0.15, -0.1) is 6.42 Å². The first kappa shape index (κ1) is 8.26. The van der Waals surface area contributed by atoms with Crippen LogP contribution < -0.4 is 0 Å². The second-order valence-electron chi connectivity index (χ2n) is 1.83. The summed E-state index contributed by atoms with van der Waals surface area (Å²) in [6, 6.07) is 0. The Hall–Kier alpha value is -0.740. The lowest BCUT2D eigenvalue weighted by atomic mass is 10.3. The highest BCUT2D eigenvalue weighted by Gasteiger charge is 1.84. The van der Waals surface area contributed by atoms with Crippen LogP contribution >= 0.6 is 0 Å². The Kier molecular flexibility index (Phi) is 4.95. The number of hydrogen-bond donors (Lipinski definition) is 0. The van der Waals surface area contributed by atoms with Gasteiger partial charge in [-0.25, -0.2) is 0 Å². The molecule has 0 fully saturated rings. The molecule has 0 spiro atoms. The maximum atomic E-state index is 5.03. The number of allylic oxidation sites excluding steroid dienone is 1. The van der Waals surface area contributed by atoms with Crippen LogP contribution in [0.1, 0.15) is 13.8 Å². The van der Waals surface area contributed by atoms with Crippen LogP contribution in [0.5, 0.6) is 0 Å². The van der Waals surface area contributed by atoms with E-state index in [2.05, 4.69) is 5.92 Å². The number of rotatable bonds is 3. The minimum Gasteiger partial charge on any atom is -0.364 e. The molecule has 0 radical (unpaired) electrons. The molecule has 0 saturated heterocycles. The summed E-state index contributed by atoms with van der Waals surface area (Å²) < 4.78 is 5.03. The molecule has 0 heterocycles. The van der Waals surface area contributed by atoms with Gasteiger partial charge in [0.15, 0.2) is 0 Å². The van der Waals surface area contributed by atoms with Crippen molar-refractivity contribution in [2.24, 2.45) is 0 Å². The molecule has 9 heavy (non-hydrogen) atoms. The summed E-state index contributed by atoms with van der Waals surface area (Å²) in [5.74, 6) is 2.40. The predicted molar refractivity (Wildman–Crippen MR) is 39.1 cm³/mol. The van der Waals surface area contributed by atoms with E-state index < -0.39 is 0 Å². The highest BCUT2D eigenvalue weighted by Crippen LogP contribution is 1.90. The first-order chi connectivity index (χ1) is 4.31. The molecule has 1 nitrogen and oxygen atoms in total. The van der Waals surface area contributed by atoms with Crippen molar-refractivity contribution in [3.8, 4) is 12.3 Å². The zero-order chi connectivity index (χ0) is 7.11. The first-order valence-electron chi connectivity index (χ1n) is 2.94. The van der Waals surface area contributed by atoms with Crippen molar-refractivity contribution < 1.29 is 4.74 Å². The predicted octanol–water partition coefficient (Wildman–Crippen LogP) is 1.60. The van der Waals surface area contributed by atoms with Crippen LogP contribution in [0.2, 0.25) is 0 Å². The van der Waals surface area contributed by atoms with Crippen molar-refractivity contribution in [1.82, 2.24) is 0 Å². The zero-order valence-corrected chi connectivity index (χ0v) is 5.98. The fourth-order valence-corrected chi connectivity index (χ4v) is 0.354. The summed E-state index contributed by atoms with van der Waals surface area (Å²) in [5.41, 5.74) is 1.21. The quantitative estimate of drug-likeness (QED) is 0.315. The highest BCUT2D eigenvalue weighted by atomic mass is 16.5. The van der Waals surface area contributed by atoms with Gasteiger partial charge in [-0.1, -0.05) is 17.6 Å². The van der Waals surface area contributed by atoms with Gasteiger partial charge in [0, 0.05) is 0 Å². The third kappa shape index (κ3) is 5.13.